The van der Waals surface area contributed by atoms with Crippen molar-refractivity contribution in [1.29, 1.82) is 0 Å². The molecule has 0 saturated carbocycles. The normalized spacial score (nSPS) is 18.2. The average molecular weight is 349 g/mol. The van der Waals surface area contributed by atoms with Crippen molar-refractivity contribution in [1.82, 2.24) is 14.9 Å². The number of hydrogen-bond acceptors (Lipinski definition) is 4. The van der Waals surface area contributed by atoms with Gasteiger partial charge in [-0.1, -0.05) is 0 Å². The van der Waals surface area contributed by atoms with Crippen LogP contribution in [0.25, 0.3) is 11.0 Å². The van der Waals surface area contributed by atoms with Gasteiger partial charge in [-0.15, -0.1) is 0 Å². The van der Waals surface area contributed by atoms with Gasteiger partial charge in [0.15, 0.2) is 0 Å². The van der Waals surface area contributed by atoms with Crippen molar-refractivity contribution < 1.29 is 4.79 Å². The minimum absolute atomic E-state index is 0.101. The first-order valence-corrected chi connectivity index (χ1v) is 7.75. The Kier molecular flexibility index (Phi) is 3.80. The van der Waals surface area contributed by atoms with E-state index in [1.54, 1.807) is 31.4 Å². The zero-order chi connectivity index (χ0) is 15.0. The second-order valence-electron chi connectivity index (χ2n) is 5.44. The lowest BCUT2D eigenvalue weighted by Crippen LogP contribution is -2.42. The quantitative estimate of drug-likeness (QED) is 0.836. The van der Waals surface area contributed by atoms with Gasteiger partial charge in [0.2, 0.25) is 5.91 Å². The first-order chi connectivity index (χ1) is 10.1. The smallest absolute Gasteiger partial charge is 0.244 e. The Hall–Kier alpha value is -1.69. The van der Waals surface area contributed by atoms with Gasteiger partial charge in [0.25, 0.3) is 0 Å². The summed E-state index contributed by atoms with van der Waals surface area (Å²) in [6.07, 6.45) is 5.45. The number of pyridine rings is 2. The second kappa shape index (κ2) is 5.60. The van der Waals surface area contributed by atoms with Crippen LogP contribution >= 0.6 is 15.9 Å². The zero-order valence-electron chi connectivity index (χ0n) is 12.1. The summed E-state index contributed by atoms with van der Waals surface area (Å²) in [6, 6.07) is 3.80. The molecule has 21 heavy (non-hydrogen) atoms. The highest BCUT2D eigenvalue weighted by Gasteiger charge is 2.32. The van der Waals surface area contributed by atoms with Gasteiger partial charge in [-0.25, -0.2) is 0 Å². The number of carbonyl (C=O) groups excluding carboxylic acids is 1. The summed E-state index contributed by atoms with van der Waals surface area (Å²) < 4.78 is 0.905. The van der Waals surface area contributed by atoms with Crippen molar-refractivity contribution in [2.24, 2.45) is 0 Å². The Balaban J connectivity index is 2.05. The molecular formula is C15H17BrN4O. The Bertz CT molecular complexity index is 688. The molecule has 3 heterocycles. The molecule has 1 atom stereocenters. The number of fused-ring (bicyclic) bond motifs is 1. The molecule has 1 aliphatic rings. The molecule has 110 valence electrons. The number of halogens is 1. The Morgan fingerprint density at radius 3 is 3.00 bits per heavy atom. The summed E-state index contributed by atoms with van der Waals surface area (Å²) in [4.78, 5) is 25.0. The third-order valence-electron chi connectivity index (χ3n) is 3.81. The van der Waals surface area contributed by atoms with E-state index in [9.17, 15) is 4.79 Å². The van der Waals surface area contributed by atoms with Crippen LogP contribution in [0, 0.1) is 0 Å². The van der Waals surface area contributed by atoms with Crippen molar-refractivity contribution >= 4 is 38.6 Å². The molecule has 1 aliphatic heterocycles. The van der Waals surface area contributed by atoms with E-state index >= 15 is 0 Å². The van der Waals surface area contributed by atoms with E-state index < -0.39 is 0 Å². The van der Waals surface area contributed by atoms with Crippen LogP contribution in [0.2, 0.25) is 0 Å². The van der Waals surface area contributed by atoms with Gasteiger partial charge >= 0.3 is 0 Å². The molecule has 0 bridgehead atoms. The van der Waals surface area contributed by atoms with E-state index in [0.717, 1.165) is 40.6 Å². The number of nitrogens with zero attached hydrogens (tertiary/aromatic N) is 4. The zero-order valence-corrected chi connectivity index (χ0v) is 13.7. The minimum Gasteiger partial charge on any atom is -0.358 e. The SMILES string of the molecule is CN(C)C(=O)C1CCCN1c1ccnc2cc(Br)cnc12. The molecule has 0 radical (unpaired) electrons. The first kappa shape index (κ1) is 14.3. The molecule has 5 nitrogen and oxygen atoms in total. The number of hydrogen-bond donors (Lipinski definition) is 0. The summed E-state index contributed by atoms with van der Waals surface area (Å²) in [6.45, 7) is 0.876. The standard InChI is InChI=1S/C15H17BrN4O/c1-19(2)15(21)13-4-3-7-20(13)12-5-6-17-11-8-10(16)9-18-14(11)12/h5-6,8-9,13H,3-4,7H2,1-2H3. The van der Waals surface area contributed by atoms with Crippen LogP contribution in [0.1, 0.15) is 12.8 Å². The maximum atomic E-state index is 12.4. The molecule has 2 aromatic rings. The molecule has 1 fully saturated rings. The summed E-state index contributed by atoms with van der Waals surface area (Å²) >= 11 is 3.42. The molecule has 0 spiro atoms. The fourth-order valence-electron chi connectivity index (χ4n) is 2.83. The third-order valence-corrected chi connectivity index (χ3v) is 4.24. The number of carbonyl (C=O) groups is 1. The van der Waals surface area contributed by atoms with Gasteiger partial charge in [-0.3, -0.25) is 14.8 Å². The number of anilines is 1. The molecule has 0 aliphatic carbocycles. The van der Waals surface area contributed by atoms with E-state index in [-0.39, 0.29) is 11.9 Å². The summed E-state index contributed by atoms with van der Waals surface area (Å²) in [5.41, 5.74) is 2.68. The molecule has 2 aromatic heterocycles. The predicted molar refractivity (Wildman–Crippen MR) is 86.3 cm³/mol. The number of likely N-dealkylation sites (N-methyl/N-ethyl adjacent to an activating group) is 1. The molecular weight excluding hydrogens is 332 g/mol. The molecule has 0 aromatic carbocycles. The van der Waals surface area contributed by atoms with Crippen LogP contribution in [0.15, 0.2) is 29.0 Å². The van der Waals surface area contributed by atoms with E-state index in [1.165, 1.54) is 0 Å². The number of rotatable bonds is 2. The van der Waals surface area contributed by atoms with Crippen LogP contribution in [0.5, 0.6) is 0 Å². The maximum absolute atomic E-state index is 12.4. The average Bonchev–Trinajstić information content (AvgIpc) is 2.94. The summed E-state index contributed by atoms with van der Waals surface area (Å²) in [5, 5.41) is 0. The van der Waals surface area contributed by atoms with Crippen LogP contribution in [-0.2, 0) is 4.79 Å². The Labute approximate surface area is 132 Å². The van der Waals surface area contributed by atoms with Gasteiger partial charge < -0.3 is 9.80 Å². The van der Waals surface area contributed by atoms with Crippen LogP contribution in [0.3, 0.4) is 0 Å². The highest BCUT2D eigenvalue weighted by molar-refractivity contribution is 9.10. The van der Waals surface area contributed by atoms with E-state index in [0.29, 0.717) is 0 Å². The minimum atomic E-state index is -0.101. The van der Waals surface area contributed by atoms with Crippen LogP contribution < -0.4 is 4.90 Å². The highest BCUT2D eigenvalue weighted by atomic mass is 79.9. The Morgan fingerprint density at radius 2 is 2.24 bits per heavy atom. The van der Waals surface area contributed by atoms with Crippen molar-refractivity contribution in [2.45, 2.75) is 18.9 Å². The number of aromatic nitrogens is 2. The fourth-order valence-corrected chi connectivity index (χ4v) is 3.15. The van der Waals surface area contributed by atoms with Gasteiger partial charge in [-0.05, 0) is 40.9 Å². The van der Waals surface area contributed by atoms with Gasteiger partial charge in [0.1, 0.15) is 11.6 Å². The topological polar surface area (TPSA) is 49.3 Å². The molecule has 1 amide bonds. The summed E-state index contributed by atoms with van der Waals surface area (Å²) in [7, 11) is 3.61. The first-order valence-electron chi connectivity index (χ1n) is 6.96. The van der Waals surface area contributed by atoms with E-state index in [4.69, 9.17) is 0 Å². The molecule has 1 saturated heterocycles. The lowest BCUT2D eigenvalue weighted by atomic mass is 10.2. The van der Waals surface area contributed by atoms with Gasteiger partial charge in [-0.2, -0.15) is 0 Å². The summed E-state index contributed by atoms with van der Waals surface area (Å²) in [5.74, 6) is 0.148. The molecule has 3 rings (SSSR count). The van der Waals surface area contributed by atoms with Gasteiger partial charge in [0, 0.05) is 37.5 Å². The van der Waals surface area contributed by atoms with Crippen LogP contribution in [0.4, 0.5) is 5.69 Å². The fraction of sp³-hybridized carbons (Fsp3) is 0.400. The number of amides is 1. The molecule has 1 unspecified atom stereocenters. The third kappa shape index (κ3) is 2.60. The predicted octanol–water partition coefficient (Wildman–Crippen LogP) is 2.45. The second-order valence-corrected chi connectivity index (χ2v) is 6.35. The van der Waals surface area contributed by atoms with Crippen molar-refractivity contribution in [3.05, 3.63) is 29.0 Å². The van der Waals surface area contributed by atoms with Crippen molar-refractivity contribution in [2.75, 3.05) is 25.5 Å². The van der Waals surface area contributed by atoms with E-state index in [2.05, 4.69) is 30.8 Å². The van der Waals surface area contributed by atoms with Crippen molar-refractivity contribution in [3.8, 4) is 0 Å². The highest BCUT2D eigenvalue weighted by Crippen LogP contribution is 2.31. The monoisotopic (exact) mass is 348 g/mol. The molecule has 6 heteroatoms. The lowest BCUT2D eigenvalue weighted by molar-refractivity contribution is -0.129. The van der Waals surface area contributed by atoms with Crippen molar-refractivity contribution in [3.63, 3.8) is 0 Å². The van der Waals surface area contributed by atoms with Gasteiger partial charge in [0.05, 0.1) is 11.2 Å². The van der Waals surface area contributed by atoms with E-state index in [1.807, 2.05) is 12.1 Å². The Morgan fingerprint density at radius 1 is 1.43 bits per heavy atom. The van der Waals surface area contributed by atoms with Crippen LogP contribution in [-0.4, -0.2) is 47.5 Å². The maximum Gasteiger partial charge on any atom is 0.244 e. The molecule has 0 N–H and O–H groups in total. The lowest BCUT2D eigenvalue weighted by Gasteiger charge is -2.28. The largest absolute Gasteiger partial charge is 0.358 e.